The van der Waals surface area contributed by atoms with E-state index < -0.39 is 21.8 Å². The van der Waals surface area contributed by atoms with E-state index in [9.17, 15) is 29.8 Å². The summed E-state index contributed by atoms with van der Waals surface area (Å²) in [4.78, 5) is 42.5. The van der Waals surface area contributed by atoms with Gasteiger partial charge in [0.1, 0.15) is 10.0 Å². The number of carbonyl (C=O) groups excluding carboxylic acids is 2. The van der Waals surface area contributed by atoms with E-state index in [0.717, 1.165) is 0 Å². The van der Waals surface area contributed by atoms with Crippen molar-refractivity contribution < 1.29 is 28.9 Å². The third-order valence-electron chi connectivity index (χ3n) is 3.81. The number of nitro benzene ring substituents is 2. The van der Waals surface area contributed by atoms with E-state index in [0.29, 0.717) is 16.5 Å². The molecule has 0 aliphatic heterocycles. The van der Waals surface area contributed by atoms with Crippen LogP contribution in [0.2, 0.25) is 10.0 Å². The maximum absolute atomic E-state index is 11.4. The van der Waals surface area contributed by atoms with Crippen LogP contribution in [-0.4, -0.2) is 36.0 Å². The molecule has 31 heavy (non-hydrogen) atoms. The van der Waals surface area contributed by atoms with Crippen LogP contribution in [0.1, 0.15) is 31.8 Å². The summed E-state index contributed by atoms with van der Waals surface area (Å²) in [7, 11) is 2.47. The van der Waals surface area contributed by atoms with Crippen molar-refractivity contribution in [1.29, 1.82) is 0 Å². The highest BCUT2D eigenvalue weighted by Crippen LogP contribution is 2.30. The number of esters is 2. The maximum Gasteiger partial charge on any atom is 0.338 e. The van der Waals surface area contributed by atoms with Gasteiger partial charge >= 0.3 is 11.9 Å². The molecule has 0 aliphatic rings. The number of nitro groups is 2. The standard InChI is InChI=1S/C9H7BrClNO4.C9H8ClNO4/c1-16-9(13)6-3-7(11)8(12(14)15)2-5(6)4-10;1-5-3-8(11(13)14)7(10)4-6(5)9(12)15-2/h2-3H,4H2,1H3;3-4H,1-2H3. The van der Waals surface area contributed by atoms with Crippen molar-refractivity contribution in [3.8, 4) is 0 Å². The molecule has 0 aliphatic carbocycles. The first-order valence-electron chi connectivity index (χ1n) is 8.12. The maximum atomic E-state index is 11.4. The molecule has 0 radical (unpaired) electrons. The van der Waals surface area contributed by atoms with Gasteiger partial charge in [0.15, 0.2) is 0 Å². The monoisotopic (exact) mass is 536 g/mol. The van der Waals surface area contributed by atoms with E-state index >= 15 is 0 Å². The Morgan fingerprint density at radius 2 is 1.32 bits per heavy atom. The van der Waals surface area contributed by atoms with Gasteiger partial charge in [0.2, 0.25) is 0 Å². The third-order valence-corrected chi connectivity index (χ3v) is 5.02. The van der Waals surface area contributed by atoms with Crippen LogP contribution >= 0.6 is 39.1 Å². The van der Waals surface area contributed by atoms with Gasteiger partial charge in [0.25, 0.3) is 11.4 Å². The van der Waals surface area contributed by atoms with E-state index in [-0.39, 0.29) is 32.5 Å². The average molecular weight is 538 g/mol. The Labute approximate surface area is 194 Å². The van der Waals surface area contributed by atoms with E-state index in [1.165, 1.54) is 38.5 Å². The number of carbonyl (C=O) groups is 2. The van der Waals surface area contributed by atoms with Gasteiger partial charge in [-0.1, -0.05) is 39.1 Å². The molecule has 0 unspecified atom stereocenters. The van der Waals surface area contributed by atoms with Crippen molar-refractivity contribution in [2.45, 2.75) is 12.3 Å². The van der Waals surface area contributed by atoms with Gasteiger partial charge < -0.3 is 9.47 Å². The van der Waals surface area contributed by atoms with Crippen LogP contribution < -0.4 is 0 Å². The van der Waals surface area contributed by atoms with E-state index in [1.54, 1.807) is 6.92 Å². The highest BCUT2D eigenvalue weighted by atomic mass is 79.9. The average Bonchev–Trinajstić information content (AvgIpc) is 2.73. The summed E-state index contributed by atoms with van der Waals surface area (Å²) < 4.78 is 9.05. The molecule has 0 heterocycles. The van der Waals surface area contributed by atoms with Crippen molar-refractivity contribution in [2.75, 3.05) is 14.2 Å². The first-order chi connectivity index (χ1) is 14.5. The molecule has 0 spiro atoms. The number of benzene rings is 2. The van der Waals surface area contributed by atoms with Crippen LogP contribution in [0.4, 0.5) is 11.4 Å². The molecule has 0 aromatic heterocycles. The number of ether oxygens (including phenoxy) is 2. The fourth-order valence-corrected chi connectivity index (χ4v) is 3.22. The first kappa shape index (κ1) is 26.3. The van der Waals surface area contributed by atoms with Gasteiger partial charge in [-0.25, -0.2) is 9.59 Å². The Bertz CT molecular complexity index is 1050. The molecule has 2 rings (SSSR count). The number of aryl methyl sites for hydroxylation is 1. The molecule has 2 aromatic rings. The molecule has 0 amide bonds. The number of hydrogen-bond donors (Lipinski definition) is 0. The highest BCUT2D eigenvalue weighted by Gasteiger charge is 2.20. The van der Waals surface area contributed by atoms with Gasteiger partial charge in [0.05, 0.1) is 35.2 Å². The minimum Gasteiger partial charge on any atom is -0.465 e. The van der Waals surface area contributed by atoms with Crippen molar-refractivity contribution >= 4 is 62.4 Å². The molecule has 0 bridgehead atoms. The van der Waals surface area contributed by atoms with E-state index in [1.807, 2.05) is 0 Å². The van der Waals surface area contributed by atoms with Crippen LogP contribution in [0.25, 0.3) is 0 Å². The fourth-order valence-electron chi connectivity index (χ4n) is 2.29. The Kier molecular flexibility index (Phi) is 9.82. The molecule has 2 aromatic carbocycles. The van der Waals surface area contributed by atoms with Crippen molar-refractivity contribution in [2.24, 2.45) is 0 Å². The lowest BCUT2D eigenvalue weighted by molar-refractivity contribution is -0.384. The lowest BCUT2D eigenvalue weighted by Gasteiger charge is -2.06. The summed E-state index contributed by atoms with van der Waals surface area (Å²) >= 11 is 14.5. The van der Waals surface area contributed by atoms with Crippen molar-refractivity contribution in [3.63, 3.8) is 0 Å². The number of rotatable bonds is 5. The Hall–Kier alpha value is -2.76. The molecular formula is C18H15BrCl2N2O8. The first-order valence-corrected chi connectivity index (χ1v) is 10.00. The van der Waals surface area contributed by atoms with Crippen molar-refractivity contribution in [1.82, 2.24) is 0 Å². The summed E-state index contributed by atoms with van der Waals surface area (Å²) in [5, 5.41) is 21.3. The molecule has 0 saturated heterocycles. The second-order valence-corrected chi connectivity index (χ2v) is 7.09. The number of alkyl halides is 1. The largest absolute Gasteiger partial charge is 0.465 e. The summed E-state index contributed by atoms with van der Waals surface area (Å²) in [5.41, 5.74) is 0.912. The second kappa shape index (κ2) is 11.6. The van der Waals surface area contributed by atoms with E-state index in [2.05, 4.69) is 25.4 Å². The molecule has 0 atom stereocenters. The Balaban J connectivity index is 0.000000311. The van der Waals surface area contributed by atoms with E-state index in [4.69, 9.17) is 23.2 Å². The van der Waals surface area contributed by atoms with Crippen LogP contribution in [0.5, 0.6) is 0 Å². The third kappa shape index (κ3) is 6.61. The zero-order chi connectivity index (χ0) is 23.9. The normalized spacial score (nSPS) is 9.87. The molecule has 0 saturated carbocycles. The number of halogens is 3. The summed E-state index contributed by atoms with van der Waals surface area (Å²) in [6, 6.07) is 4.97. The minimum atomic E-state index is -0.602. The molecule has 13 heteroatoms. The zero-order valence-corrected chi connectivity index (χ0v) is 19.4. The van der Waals surface area contributed by atoms with Crippen LogP contribution in [0.15, 0.2) is 24.3 Å². The summed E-state index contributed by atoms with van der Waals surface area (Å²) in [6.07, 6.45) is 0. The van der Waals surface area contributed by atoms with Gasteiger partial charge in [-0.3, -0.25) is 20.2 Å². The molecule has 166 valence electrons. The van der Waals surface area contributed by atoms with Gasteiger partial charge in [-0.2, -0.15) is 0 Å². The second-order valence-electron chi connectivity index (χ2n) is 5.71. The number of hydrogen-bond acceptors (Lipinski definition) is 8. The SMILES string of the molecule is COC(=O)c1cc(Cl)c([N+](=O)[O-])cc1C.COC(=O)c1cc(Cl)c([N+](=O)[O-])cc1CBr. The quantitative estimate of drug-likeness (QED) is 0.217. The van der Waals surface area contributed by atoms with Gasteiger partial charge in [-0.05, 0) is 30.2 Å². The molecule has 10 nitrogen and oxygen atoms in total. The summed E-state index contributed by atoms with van der Waals surface area (Å²) in [6.45, 7) is 1.58. The topological polar surface area (TPSA) is 139 Å². The van der Waals surface area contributed by atoms with Crippen LogP contribution in [0, 0.1) is 27.2 Å². The zero-order valence-electron chi connectivity index (χ0n) is 16.3. The predicted octanol–water partition coefficient (Wildman–Crippen LogP) is 5.27. The van der Waals surface area contributed by atoms with Gasteiger partial charge in [0, 0.05) is 17.5 Å². The Morgan fingerprint density at radius 3 is 1.74 bits per heavy atom. The lowest BCUT2D eigenvalue weighted by Crippen LogP contribution is -2.06. The number of methoxy groups -OCH3 is 2. The highest BCUT2D eigenvalue weighted by molar-refractivity contribution is 9.08. The Morgan fingerprint density at radius 1 is 0.903 bits per heavy atom. The van der Waals surface area contributed by atoms with Crippen LogP contribution in [-0.2, 0) is 14.8 Å². The number of nitrogens with zero attached hydrogens (tertiary/aromatic N) is 2. The molecular weight excluding hydrogens is 523 g/mol. The smallest absolute Gasteiger partial charge is 0.338 e. The molecule has 0 N–H and O–H groups in total. The fraction of sp³-hybridized carbons (Fsp3) is 0.222. The molecule has 0 fully saturated rings. The predicted molar refractivity (Wildman–Crippen MR) is 116 cm³/mol. The summed E-state index contributed by atoms with van der Waals surface area (Å²) in [5.74, 6) is -1.14. The van der Waals surface area contributed by atoms with Gasteiger partial charge in [-0.15, -0.1) is 0 Å². The van der Waals surface area contributed by atoms with Crippen LogP contribution in [0.3, 0.4) is 0 Å². The van der Waals surface area contributed by atoms with Crippen molar-refractivity contribution in [3.05, 3.63) is 76.8 Å². The lowest BCUT2D eigenvalue weighted by atomic mass is 10.1. The minimum absolute atomic E-state index is 0.0778.